The summed E-state index contributed by atoms with van der Waals surface area (Å²) in [6, 6.07) is 4.01. The molecular formula is C26H31N7O3. The Morgan fingerprint density at radius 3 is 2.78 bits per heavy atom. The second-order valence-corrected chi connectivity index (χ2v) is 10.3. The van der Waals surface area contributed by atoms with E-state index in [4.69, 9.17) is 9.72 Å². The predicted molar refractivity (Wildman–Crippen MR) is 132 cm³/mol. The fraction of sp³-hybridized carbons (Fsp3) is 0.500. The number of hydrogen-bond donors (Lipinski definition) is 1. The molecule has 10 nitrogen and oxygen atoms in total. The van der Waals surface area contributed by atoms with Gasteiger partial charge in [0, 0.05) is 37.7 Å². The third kappa shape index (κ3) is 4.14. The van der Waals surface area contributed by atoms with E-state index in [1.54, 1.807) is 17.2 Å². The molecule has 4 heterocycles. The first-order valence-electron chi connectivity index (χ1n) is 12.5. The molecule has 1 saturated heterocycles. The van der Waals surface area contributed by atoms with Crippen molar-refractivity contribution in [3.8, 4) is 0 Å². The molecule has 1 saturated carbocycles. The van der Waals surface area contributed by atoms with Crippen LogP contribution in [0.1, 0.15) is 57.6 Å². The smallest absolute Gasteiger partial charge is 0.311 e. The van der Waals surface area contributed by atoms with Gasteiger partial charge in [-0.15, -0.1) is 0 Å². The van der Waals surface area contributed by atoms with Gasteiger partial charge in [0.2, 0.25) is 0 Å². The number of esters is 1. The van der Waals surface area contributed by atoms with Crippen LogP contribution in [0.15, 0.2) is 24.7 Å². The molecule has 3 aliphatic rings. The Kier molecular flexibility index (Phi) is 5.54. The average Bonchev–Trinajstić information content (AvgIpc) is 3.27. The molecule has 3 aromatic rings. The molecule has 3 aromatic heterocycles. The average molecular weight is 490 g/mol. The number of piperidine rings is 1. The van der Waals surface area contributed by atoms with Gasteiger partial charge in [-0.05, 0) is 49.7 Å². The number of carbonyl (C=O) groups excluding carboxylic acids is 2. The third-order valence-electron chi connectivity index (χ3n) is 7.83. The van der Waals surface area contributed by atoms with E-state index in [1.165, 1.54) is 13.5 Å². The Labute approximate surface area is 209 Å². The highest BCUT2D eigenvalue weighted by Crippen LogP contribution is 2.46. The van der Waals surface area contributed by atoms with E-state index in [9.17, 15) is 9.59 Å². The molecule has 1 N–H and O–H groups in total. The minimum Gasteiger partial charge on any atom is -0.469 e. The first kappa shape index (κ1) is 22.8. The first-order chi connectivity index (χ1) is 17.4. The third-order valence-corrected chi connectivity index (χ3v) is 7.83. The molecule has 2 aliphatic carbocycles. The fourth-order valence-corrected chi connectivity index (χ4v) is 5.61. The van der Waals surface area contributed by atoms with E-state index in [2.05, 4.69) is 32.4 Å². The van der Waals surface area contributed by atoms with Gasteiger partial charge in [-0.25, -0.2) is 9.97 Å². The minimum absolute atomic E-state index is 0.0702. The molecule has 36 heavy (non-hydrogen) atoms. The van der Waals surface area contributed by atoms with Crippen molar-refractivity contribution in [1.82, 2.24) is 29.6 Å². The normalized spacial score (nSPS) is 21.9. The number of carbonyl (C=O) groups is 2. The lowest BCUT2D eigenvalue weighted by atomic mass is 10.1. The van der Waals surface area contributed by atoms with Crippen molar-refractivity contribution in [2.75, 3.05) is 25.1 Å². The summed E-state index contributed by atoms with van der Waals surface area (Å²) < 4.78 is 8.55. The number of imidazole rings is 1. The van der Waals surface area contributed by atoms with Gasteiger partial charge < -0.3 is 19.5 Å². The number of amides is 1. The maximum Gasteiger partial charge on any atom is 0.311 e. The number of hydrogen-bond acceptors (Lipinski definition) is 7. The van der Waals surface area contributed by atoms with Gasteiger partial charge in [-0.1, -0.05) is 6.07 Å². The number of ether oxygens (including phenoxy) is 1. The number of aromatic nitrogens is 5. The SMILES string of the molecule is COC(=O)Cc1nn(Cc2ccc(N3CC4CC4C3)nc2C)cc1C(=O)N[C@@H]1CCc2c1ncn2C. The molecule has 0 bridgehead atoms. The van der Waals surface area contributed by atoms with Crippen molar-refractivity contribution < 1.29 is 14.3 Å². The standard InChI is InChI=1S/C26H31N7O3/c1-15-16(4-7-23(28-15)32-10-17-8-18(17)11-32)12-33-13-19(21(30-33)9-24(34)36-3)26(35)29-20-5-6-22-25(20)27-14-31(22)2/h4,7,13-14,17-18,20H,5-6,8-12H2,1-3H3,(H,29,35)/t17?,18?,20-/m1/s1. The van der Waals surface area contributed by atoms with Gasteiger partial charge >= 0.3 is 5.97 Å². The van der Waals surface area contributed by atoms with Crippen LogP contribution in [-0.4, -0.2) is 56.4 Å². The minimum atomic E-state index is -0.437. The van der Waals surface area contributed by atoms with Crippen LogP contribution in [0.25, 0.3) is 0 Å². The highest BCUT2D eigenvalue weighted by atomic mass is 16.5. The quantitative estimate of drug-likeness (QED) is 0.506. The molecule has 2 fully saturated rings. The second-order valence-electron chi connectivity index (χ2n) is 10.3. The molecule has 3 atom stereocenters. The van der Waals surface area contributed by atoms with Crippen LogP contribution >= 0.6 is 0 Å². The fourth-order valence-electron chi connectivity index (χ4n) is 5.61. The Morgan fingerprint density at radius 1 is 1.22 bits per heavy atom. The van der Waals surface area contributed by atoms with E-state index >= 15 is 0 Å². The van der Waals surface area contributed by atoms with Crippen molar-refractivity contribution in [2.45, 2.75) is 45.2 Å². The van der Waals surface area contributed by atoms with Crippen LogP contribution in [-0.2, 0) is 36.0 Å². The zero-order chi connectivity index (χ0) is 25.0. The van der Waals surface area contributed by atoms with Crippen molar-refractivity contribution in [3.63, 3.8) is 0 Å². The van der Waals surface area contributed by atoms with E-state index in [0.717, 1.165) is 66.2 Å². The Balaban J connectivity index is 1.21. The van der Waals surface area contributed by atoms with Crippen molar-refractivity contribution in [1.29, 1.82) is 0 Å². The molecule has 1 aliphatic heterocycles. The van der Waals surface area contributed by atoms with Gasteiger partial charge in [0.05, 0.1) is 49.4 Å². The number of fused-ring (bicyclic) bond motifs is 2. The van der Waals surface area contributed by atoms with Gasteiger partial charge in [0.15, 0.2) is 0 Å². The highest BCUT2D eigenvalue weighted by molar-refractivity contribution is 5.96. The Hall–Kier alpha value is -3.69. The maximum absolute atomic E-state index is 13.3. The summed E-state index contributed by atoms with van der Waals surface area (Å²) in [5, 5.41) is 7.68. The molecule has 0 aromatic carbocycles. The molecule has 188 valence electrons. The zero-order valence-electron chi connectivity index (χ0n) is 20.9. The molecular weight excluding hydrogens is 458 g/mol. The van der Waals surface area contributed by atoms with Gasteiger partial charge in [0.1, 0.15) is 5.82 Å². The number of nitrogens with one attached hydrogen (secondary N) is 1. The predicted octanol–water partition coefficient (Wildman–Crippen LogP) is 1.96. The molecule has 0 spiro atoms. The van der Waals surface area contributed by atoms with Crippen LogP contribution in [0.4, 0.5) is 5.82 Å². The molecule has 10 heteroatoms. The van der Waals surface area contributed by atoms with Crippen molar-refractivity contribution in [3.05, 3.63) is 58.6 Å². The van der Waals surface area contributed by atoms with Crippen LogP contribution in [0, 0.1) is 18.8 Å². The van der Waals surface area contributed by atoms with Crippen LogP contribution in [0.5, 0.6) is 0 Å². The summed E-state index contributed by atoms with van der Waals surface area (Å²) in [5.41, 5.74) is 4.79. The van der Waals surface area contributed by atoms with Crippen LogP contribution in [0.2, 0.25) is 0 Å². The zero-order valence-corrected chi connectivity index (χ0v) is 20.9. The van der Waals surface area contributed by atoms with E-state index in [-0.39, 0.29) is 18.4 Å². The summed E-state index contributed by atoms with van der Waals surface area (Å²) in [5.74, 6) is 2.03. The number of aryl methyl sites for hydroxylation is 2. The van der Waals surface area contributed by atoms with E-state index in [1.807, 2.05) is 18.5 Å². The van der Waals surface area contributed by atoms with Gasteiger partial charge in [-0.3, -0.25) is 14.3 Å². The molecule has 2 unspecified atom stereocenters. The lowest BCUT2D eigenvalue weighted by Crippen LogP contribution is -2.28. The molecule has 1 amide bonds. The summed E-state index contributed by atoms with van der Waals surface area (Å²) in [4.78, 5) is 37.0. The lowest BCUT2D eigenvalue weighted by Gasteiger charge is -2.20. The van der Waals surface area contributed by atoms with Gasteiger partial charge in [-0.2, -0.15) is 5.10 Å². The largest absolute Gasteiger partial charge is 0.469 e. The Morgan fingerprint density at radius 2 is 2.03 bits per heavy atom. The number of rotatable bonds is 7. The number of methoxy groups -OCH3 is 1. The van der Waals surface area contributed by atoms with E-state index < -0.39 is 5.97 Å². The van der Waals surface area contributed by atoms with Crippen LogP contribution in [0.3, 0.4) is 0 Å². The lowest BCUT2D eigenvalue weighted by molar-refractivity contribution is -0.139. The molecule has 6 rings (SSSR count). The maximum atomic E-state index is 13.3. The number of pyridine rings is 1. The monoisotopic (exact) mass is 489 g/mol. The Bertz CT molecular complexity index is 1330. The summed E-state index contributed by atoms with van der Waals surface area (Å²) in [7, 11) is 3.30. The van der Waals surface area contributed by atoms with Crippen molar-refractivity contribution in [2.24, 2.45) is 18.9 Å². The highest BCUT2D eigenvalue weighted by Gasteiger charge is 2.45. The topological polar surface area (TPSA) is 107 Å². The summed E-state index contributed by atoms with van der Waals surface area (Å²) in [6.45, 7) is 4.67. The van der Waals surface area contributed by atoms with Gasteiger partial charge in [0.25, 0.3) is 5.91 Å². The number of nitrogens with zero attached hydrogens (tertiary/aromatic N) is 6. The first-order valence-corrected chi connectivity index (χ1v) is 12.5. The number of anilines is 1. The molecule has 0 radical (unpaired) electrons. The summed E-state index contributed by atoms with van der Waals surface area (Å²) in [6.07, 6.45) is 6.45. The van der Waals surface area contributed by atoms with Crippen molar-refractivity contribution >= 4 is 17.7 Å². The van der Waals surface area contributed by atoms with E-state index in [0.29, 0.717) is 17.8 Å². The second kappa shape index (κ2) is 8.76. The van der Waals surface area contributed by atoms with Crippen LogP contribution < -0.4 is 10.2 Å². The summed E-state index contributed by atoms with van der Waals surface area (Å²) >= 11 is 0.